The minimum Gasteiger partial charge on any atom is -0.481 e. The molecule has 0 aliphatic heterocycles. The quantitative estimate of drug-likeness (QED) is 0.0814. The van der Waals surface area contributed by atoms with E-state index >= 15 is 0 Å². The predicted molar refractivity (Wildman–Crippen MR) is 153 cm³/mol. The van der Waals surface area contributed by atoms with Crippen molar-refractivity contribution in [2.45, 2.75) is 122 Å². The van der Waals surface area contributed by atoms with E-state index in [1.54, 1.807) is 0 Å². The fourth-order valence-corrected chi connectivity index (χ4v) is 3.62. The molecular formula is C32H52O3. The highest BCUT2D eigenvalue weighted by molar-refractivity contribution is 5.66. The molecule has 0 aromatic heterocycles. The maximum absolute atomic E-state index is 10.4. The number of aliphatic hydroxyl groups is 1. The molecule has 3 nitrogen and oxygen atoms in total. The van der Waals surface area contributed by atoms with E-state index in [0.717, 1.165) is 38.5 Å². The summed E-state index contributed by atoms with van der Waals surface area (Å²) < 4.78 is 0. The lowest BCUT2D eigenvalue weighted by atomic mass is 10.1. The van der Waals surface area contributed by atoms with Crippen molar-refractivity contribution in [3.05, 3.63) is 72.9 Å². The van der Waals surface area contributed by atoms with E-state index in [9.17, 15) is 9.90 Å². The monoisotopic (exact) mass is 484 g/mol. The summed E-state index contributed by atoms with van der Waals surface area (Å²) in [5, 5.41) is 18.4. The molecule has 2 N–H and O–H groups in total. The van der Waals surface area contributed by atoms with Crippen LogP contribution in [0.5, 0.6) is 0 Å². The summed E-state index contributed by atoms with van der Waals surface area (Å²) in [5.41, 5.74) is 0. The smallest absolute Gasteiger partial charge is 0.303 e. The molecule has 0 heterocycles. The van der Waals surface area contributed by atoms with E-state index in [0.29, 0.717) is 12.8 Å². The minimum atomic E-state index is -0.668. The van der Waals surface area contributed by atoms with Crippen LogP contribution in [-0.2, 0) is 4.79 Å². The van der Waals surface area contributed by atoms with Crippen LogP contribution in [-0.4, -0.2) is 22.3 Å². The van der Waals surface area contributed by atoms with Gasteiger partial charge in [0.25, 0.3) is 0 Å². The normalized spacial score (nSPS) is 13.7. The Hall–Kier alpha value is -2.13. The minimum absolute atomic E-state index is 0.324. The van der Waals surface area contributed by atoms with Gasteiger partial charge in [-0.3, -0.25) is 4.79 Å². The predicted octanol–water partition coefficient (Wildman–Crippen LogP) is 9.42. The van der Waals surface area contributed by atoms with Gasteiger partial charge in [-0.2, -0.15) is 0 Å². The molecule has 0 bridgehead atoms. The maximum atomic E-state index is 10.4. The molecule has 0 fully saturated rings. The third-order valence-corrected chi connectivity index (χ3v) is 5.69. The van der Waals surface area contributed by atoms with Gasteiger partial charge in [0.15, 0.2) is 0 Å². The molecule has 198 valence electrons. The number of hydrogen-bond acceptors (Lipinski definition) is 2. The number of rotatable bonds is 24. The Morgan fingerprint density at radius 3 is 1.71 bits per heavy atom. The van der Waals surface area contributed by atoms with E-state index in [4.69, 9.17) is 5.11 Å². The first-order valence-corrected chi connectivity index (χ1v) is 14.0. The van der Waals surface area contributed by atoms with Crippen LogP contribution in [0.25, 0.3) is 0 Å². The molecule has 0 aliphatic carbocycles. The van der Waals surface area contributed by atoms with Crippen molar-refractivity contribution in [1.29, 1.82) is 0 Å². The zero-order valence-corrected chi connectivity index (χ0v) is 22.3. The second-order valence-corrected chi connectivity index (χ2v) is 9.09. The fraction of sp³-hybridized carbons (Fsp3) is 0.594. The summed E-state index contributed by atoms with van der Waals surface area (Å²) in [7, 11) is 0. The summed E-state index contributed by atoms with van der Waals surface area (Å²) in [5.74, 6) is -0.668. The van der Waals surface area contributed by atoms with Crippen LogP contribution >= 0.6 is 0 Å². The highest BCUT2D eigenvalue weighted by Crippen LogP contribution is 2.12. The average molecular weight is 485 g/mol. The number of aliphatic hydroxyl groups excluding tert-OH is 1. The van der Waals surface area contributed by atoms with Gasteiger partial charge in [-0.1, -0.05) is 131 Å². The van der Waals surface area contributed by atoms with Crippen LogP contribution in [0.2, 0.25) is 0 Å². The van der Waals surface area contributed by atoms with Crippen LogP contribution in [0.15, 0.2) is 72.9 Å². The summed E-state index contributed by atoms with van der Waals surface area (Å²) in [6.45, 7) is 2.09. The molecule has 0 saturated heterocycles. The molecule has 0 amide bonds. The van der Waals surface area contributed by atoms with Gasteiger partial charge in [0.05, 0.1) is 6.10 Å². The third-order valence-electron chi connectivity index (χ3n) is 5.69. The second kappa shape index (κ2) is 28.1. The summed E-state index contributed by atoms with van der Waals surface area (Å²) in [4.78, 5) is 10.4. The molecule has 0 aliphatic rings. The lowest BCUT2D eigenvalue weighted by Crippen LogP contribution is -1.98. The van der Waals surface area contributed by atoms with Gasteiger partial charge in [-0.05, 0) is 51.4 Å². The van der Waals surface area contributed by atoms with Gasteiger partial charge in [-0.25, -0.2) is 0 Å². The number of unbranched alkanes of at least 4 members (excludes halogenated alkanes) is 10. The van der Waals surface area contributed by atoms with E-state index in [1.807, 2.05) is 24.3 Å². The average Bonchev–Trinajstić information content (AvgIpc) is 2.84. The Morgan fingerprint density at radius 2 is 1.14 bits per heavy atom. The molecule has 1 atom stereocenters. The second-order valence-electron chi connectivity index (χ2n) is 9.09. The maximum Gasteiger partial charge on any atom is 0.303 e. The van der Waals surface area contributed by atoms with Crippen LogP contribution in [0.4, 0.5) is 0 Å². The molecule has 0 radical (unpaired) electrons. The van der Waals surface area contributed by atoms with Crippen molar-refractivity contribution < 1.29 is 15.0 Å². The van der Waals surface area contributed by atoms with Gasteiger partial charge in [0, 0.05) is 6.42 Å². The number of aliphatic carboxylic acids is 1. The van der Waals surface area contributed by atoms with Crippen molar-refractivity contribution in [2.24, 2.45) is 0 Å². The Morgan fingerprint density at radius 1 is 0.629 bits per heavy atom. The molecular weight excluding hydrogens is 432 g/mol. The third kappa shape index (κ3) is 29.8. The molecule has 0 spiro atoms. The number of hydrogen-bond donors (Lipinski definition) is 2. The molecule has 0 saturated carbocycles. The lowest BCUT2D eigenvalue weighted by molar-refractivity contribution is -0.137. The van der Waals surface area contributed by atoms with E-state index in [1.165, 1.54) is 57.8 Å². The molecule has 0 rings (SSSR count). The number of carboxylic acids is 1. The summed E-state index contributed by atoms with van der Waals surface area (Å²) in [6.07, 6.45) is 43.3. The zero-order valence-electron chi connectivity index (χ0n) is 22.3. The van der Waals surface area contributed by atoms with Crippen LogP contribution < -0.4 is 0 Å². The SMILES string of the molecule is CC/C=C\CC(O)/C=C/C=C/C/C=C/C/C=C/C/C=C/CCCCCCCCCCCCC(=O)O. The van der Waals surface area contributed by atoms with Gasteiger partial charge in [0.2, 0.25) is 0 Å². The van der Waals surface area contributed by atoms with Gasteiger partial charge in [-0.15, -0.1) is 0 Å². The molecule has 0 aromatic rings. The fourth-order valence-electron chi connectivity index (χ4n) is 3.62. The van der Waals surface area contributed by atoms with Crippen LogP contribution in [0, 0.1) is 0 Å². The van der Waals surface area contributed by atoms with Gasteiger partial charge >= 0.3 is 5.97 Å². The Bertz CT molecular complexity index is 637. The highest BCUT2D eigenvalue weighted by atomic mass is 16.4. The largest absolute Gasteiger partial charge is 0.481 e. The molecule has 0 aromatic carbocycles. The van der Waals surface area contributed by atoms with E-state index < -0.39 is 12.1 Å². The first kappa shape index (κ1) is 32.9. The lowest BCUT2D eigenvalue weighted by Gasteiger charge is -2.01. The Labute approximate surface area is 216 Å². The van der Waals surface area contributed by atoms with E-state index in [2.05, 4.69) is 55.5 Å². The van der Waals surface area contributed by atoms with Gasteiger partial charge < -0.3 is 10.2 Å². The van der Waals surface area contributed by atoms with Crippen LogP contribution in [0.1, 0.15) is 116 Å². The number of carboxylic acid groups (broad SMARTS) is 1. The zero-order chi connectivity index (χ0) is 25.7. The first-order valence-electron chi connectivity index (χ1n) is 14.0. The topological polar surface area (TPSA) is 57.5 Å². The number of carbonyl (C=O) groups is 1. The number of allylic oxidation sites excluding steroid dienone is 10. The molecule has 3 heteroatoms. The van der Waals surface area contributed by atoms with Crippen molar-refractivity contribution in [2.75, 3.05) is 0 Å². The van der Waals surface area contributed by atoms with Crippen molar-refractivity contribution in [3.8, 4) is 0 Å². The molecule has 1 unspecified atom stereocenters. The summed E-state index contributed by atoms with van der Waals surface area (Å²) in [6, 6.07) is 0. The van der Waals surface area contributed by atoms with Crippen LogP contribution in [0.3, 0.4) is 0 Å². The Balaban J connectivity index is 3.44. The van der Waals surface area contributed by atoms with Crippen molar-refractivity contribution in [3.63, 3.8) is 0 Å². The van der Waals surface area contributed by atoms with Crippen molar-refractivity contribution in [1.82, 2.24) is 0 Å². The standard InChI is InChI=1S/C32H52O3/c1-2-3-25-28-31(33)29-26-23-21-19-17-15-13-11-9-7-5-4-6-8-10-12-14-16-18-20-22-24-27-30-32(34)35/h3-5,9,11,15,17,21,23,25-26,29,31,33H,2,6-8,10,12-14,16,18-20,22,24,27-28,30H2,1H3,(H,34,35)/b5-4+,11-9+,17-15+,23-21+,25-3-,29-26+. The summed E-state index contributed by atoms with van der Waals surface area (Å²) >= 11 is 0. The molecule has 35 heavy (non-hydrogen) atoms. The Kier molecular flexibility index (Phi) is 26.4. The van der Waals surface area contributed by atoms with Gasteiger partial charge in [0.1, 0.15) is 0 Å². The highest BCUT2D eigenvalue weighted by Gasteiger charge is 1.97. The first-order chi connectivity index (χ1) is 17.2. The van der Waals surface area contributed by atoms with E-state index in [-0.39, 0.29) is 0 Å². The van der Waals surface area contributed by atoms with Crippen molar-refractivity contribution >= 4 is 5.97 Å².